The minimum atomic E-state index is -0.425. The van der Waals surface area contributed by atoms with Crippen LogP contribution in [0, 0.1) is 5.92 Å². The van der Waals surface area contributed by atoms with E-state index in [4.69, 9.17) is 4.74 Å². The van der Waals surface area contributed by atoms with E-state index in [-0.39, 0.29) is 17.9 Å². The first-order valence-corrected chi connectivity index (χ1v) is 7.89. The maximum atomic E-state index is 12.3. The second-order valence-corrected chi connectivity index (χ2v) is 6.02. The Balaban J connectivity index is 1.54. The predicted octanol–water partition coefficient (Wildman–Crippen LogP) is 2.14. The number of aliphatic hydroxyl groups excluding tert-OH is 1. The van der Waals surface area contributed by atoms with Gasteiger partial charge in [0.15, 0.2) is 0 Å². The lowest BCUT2D eigenvalue weighted by atomic mass is 9.87. The number of likely N-dealkylation sites (tertiary alicyclic amines) is 1. The van der Waals surface area contributed by atoms with E-state index in [1.165, 1.54) is 0 Å². The van der Waals surface area contributed by atoms with Crippen LogP contribution in [0.25, 0.3) is 0 Å². The van der Waals surface area contributed by atoms with Crippen molar-refractivity contribution in [3.05, 3.63) is 35.9 Å². The molecular weight excluding hydrogens is 266 g/mol. The summed E-state index contributed by atoms with van der Waals surface area (Å²) in [6, 6.07) is 9.80. The van der Waals surface area contributed by atoms with Gasteiger partial charge in [0.2, 0.25) is 0 Å². The fourth-order valence-corrected chi connectivity index (χ4v) is 3.33. The fraction of sp³-hybridized carbons (Fsp3) is 0.588. The summed E-state index contributed by atoms with van der Waals surface area (Å²) in [6.45, 7) is 2.17. The van der Waals surface area contributed by atoms with Gasteiger partial charge in [-0.2, -0.15) is 0 Å². The zero-order valence-corrected chi connectivity index (χ0v) is 12.3. The molecule has 0 spiro atoms. The van der Waals surface area contributed by atoms with E-state index >= 15 is 0 Å². The minimum absolute atomic E-state index is 0.139. The van der Waals surface area contributed by atoms with E-state index in [0.717, 1.165) is 44.3 Å². The third kappa shape index (κ3) is 3.27. The molecule has 1 amide bonds. The number of aliphatic hydroxyl groups is 1. The number of nitrogens with zero attached hydrogens (tertiary/aromatic N) is 1. The minimum Gasteiger partial charge on any atom is -0.388 e. The van der Waals surface area contributed by atoms with Crippen LogP contribution >= 0.6 is 0 Å². The van der Waals surface area contributed by atoms with Gasteiger partial charge in [0.05, 0.1) is 6.10 Å². The molecule has 0 aliphatic carbocycles. The van der Waals surface area contributed by atoms with Gasteiger partial charge in [-0.1, -0.05) is 30.3 Å². The molecule has 1 aromatic carbocycles. The topological polar surface area (TPSA) is 49.8 Å². The van der Waals surface area contributed by atoms with E-state index < -0.39 is 6.10 Å². The van der Waals surface area contributed by atoms with Gasteiger partial charge in [0, 0.05) is 19.7 Å². The lowest BCUT2D eigenvalue weighted by Crippen LogP contribution is -2.44. The lowest BCUT2D eigenvalue weighted by molar-refractivity contribution is -0.143. The average Bonchev–Trinajstić information content (AvgIpc) is 3.09. The summed E-state index contributed by atoms with van der Waals surface area (Å²) in [6.07, 6.45) is 2.90. The number of hydrogen-bond donors (Lipinski definition) is 1. The summed E-state index contributed by atoms with van der Waals surface area (Å²) >= 11 is 0. The molecule has 3 rings (SSSR count). The highest BCUT2D eigenvalue weighted by Gasteiger charge is 2.32. The fourth-order valence-electron chi connectivity index (χ4n) is 3.33. The van der Waals surface area contributed by atoms with Crippen molar-refractivity contribution >= 4 is 5.91 Å². The Morgan fingerprint density at radius 3 is 2.52 bits per heavy atom. The predicted molar refractivity (Wildman–Crippen MR) is 79.7 cm³/mol. The van der Waals surface area contributed by atoms with Gasteiger partial charge in [-0.25, -0.2) is 0 Å². The molecule has 1 N–H and O–H groups in total. The number of carbonyl (C=O) groups is 1. The van der Waals surface area contributed by atoms with Crippen LogP contribution in [0.4, 0.5) is 0 Å². The van der Waals surface area contributed by atoms with Crippen molar-refractivity contribution in [1.29, 1.82) is 0 Å². The Labute approximate surface area is 125 Å². The molecule has 2 unspecified atom stereocenters. The van der Waals surface area contributed by atoms with Gasteiger partial charge >= 0.3 is 0 Å². The molecule has 1 aromatic rings. The summed E-state index contributed by atoms with van der Waals surface area (Å²) < 4.78 is 5.47. The molecule has 2 heterocycles. The van der Waals surface area contributed by atoms with Crippen LogP contribution in [0.3, 0.4) is 0 Å². The van der Waals surface area contributed by atoms with Crippen LogP contribution in [0.1, 0.15) is 37.4 Å². The largest absolute Gasteiger partial charge is 0.388 e. The van der Waals surface area contributed by atoms with Crippen molar-refractivity contribution < 1.29 is 14.6 Å². The highest BCUT2D eigenvalue weighted by molar-refractivity contribution is 5.81. The van der Waals surface area contributed by atoms with Gasteiger partial charge in [-0.3, -0.25) is 4.79 Å². The standard InChI is InChI=1S/C17H23NO3/c19-16(13-5-2-1-3-6-13)14-8-10-18(11-9-14)17(20)15-7-4-12-21-15/h1-3,5-6,14-16,19H,4,7-12H2. The lowest BCUT2D eigenvalue weighted by Gasteiger charge is -2.35. The quantitative estimate of drug-likeness (QED) is 0.927. The second kappa shape index (κ2) is 6.58. The van der Waals surface area contributed by atoms with Crippen molar-refractivity contribution in [3.8, 4) is 0 Å². The average molecular weight is 289 g/mol. The van der Waals surface area contributed by atoms with Crippen molar-refractivity contribution in [2.24, 2.45) is 5.92 Å². The summed E-state index contributed by atoms with van der Waals surface area (Å²) in [5.41, 5.74) is 0.974. The van der Waals surface area contributed by atoms with Crippen LogP contribution in [0.15, 0.2) is 30.3 Å². The molecule has 114 valence electrons. The SMILES string of the molecule is O=C(C1CCCO1)N1CCC(C(O)c2ccccc2)CC1. The first kappa shape index (κ1) is 14.5. The Kier molecular flexibility index (Phi) is 4.56. The highest BCUT2D eigenvalue weighted by atomic mass is 16.5. The Hall–Kier alpha value is -1.39. The molecule has 2 fully saturated rings. The number of benzene rings is 1. The molecule has 2 aliphatic rings. The Morgan fingerprint density at radius 2 is 1.90 bits per heavy atom. The van der Waals surface area contributed by atoms with Crippen molar-refractivity contribution in [3.63, 3.8) is 0 Å². The molecule has 21 heavy (non-hydrogen) atoms. The third-order valence-corrected chi connectivity index (χ3v) is 4.64. The van der Waals surface area contributed by atoms with Gasteiger partial charge in [0.25, 0.3) is 5.91 Å². The number of hydrogen-bond acceptors (Lipinski definition) is 3. The number of ether oxygens (including phenoxy) is 1. The van der Waals surface area contributed by atoms with E-state index in [2.05, 4.69) is 0 Å². The van der Waals surface area contributed by atoms with E-state index in [1.54, 1.807) is 0 Å². The molecule has 0 saturated carbocycles. The van der Waals surface area contributed by atoms with Gasteiger partial charge in [-0.15, -0.1) is 0 Å². The first-order chi connectivity index (χ1) is 10.3. The molecule has 0 bridgehead atoms. The zero-order chi connectivity index (χ0) is 14.7. The maximum Gasteiger partial charge on any atom is 0.251 e. The van der Waals surface area contributed by atoms with Crippen LogP contribution in [0.2, 0.25) is 0 Å². The number of rotatable bonds is 3. The molecular formula is C17H23NO3. The molecule has 4 heteroatoms. The summed E-state index contributed by atoms with van der Waals surface area (Å²) in [7, 11) is 0. The van der Waals surface area contributed by atoms with Crippen molar-refractivity contribution in [2.75, 3.05) is 19.7 Å². The number of carbonyl (C=O) groups excluding carboxylic acids is 1. The normalized spacial score (nSPS) is 25.0. The van der Waals surface area contributed by atoms with Crippen molar-refractivity contribution in [2.45, 2.75) is 37.9 Å². The molecule has 2 saturated heterocycles. The second-order valence-electron chi connectivity index (χ2n) is 6.02. The molecule has 2 atom stereocenters. The smallest absolute Gasteiger partial charge is 0.251 e. The summed E-state index contributed by atoms with van der Waals surface area (Å²) in [5.74, 6) is 0.376. The van der Waals surface area contributed by atoms with E-state index in [9.17, 15) is 9.90 Å². The molecule has 0 aromatic heterocycles. The highest BCUT2D eigenvalue weighted by Crippen LogP contribution is 2.31. The van der Waals surface area contributed by atoms with Gasteiger partial charge in [0.1, 0.15) is 6.10 Å². The van der Waals surface area contributed by atoms with Crippen LogP contribution in [-0.4, -0.2) is 41.7 Å². The maximum absolute atomic E-state index is 12.3. The summed E-state index contributed by atoms with van der Waals surface area (Å²) in [4.78, 5) is 14.2. The third-order valence-electron chi connectivity index (χ3n) is 4.64. The van der Waals surface area contributed by atoms with E-state index in [1.807, 2.05) is 35.2 Å². The van der Waals surface area contributed by atoms with Crippen LogP contribution < -0.4 is 0 Å². The first-order valence-electron chi connectivity index (χ1n) is 7.89. The number of piperidine rings is 1. The zero-order valence-electron chi connectivity index (χ0n) is 12.3. The van der Waals surface area contributed by atoms with Gasteiger partial charge < -0.3 is 14.7 Å². The van der Waals surface area contributed by atoms with Gasteiger partial charge in [-0.05, 0) is 37.2 Å². The van der Waals surface area contributed by atoms with E-state index in [0.29, 0.717) is 6.61 Å². The monoisotopic (exact) mass is 289 g/mol. The van der Waals surface area contributed by atoms with Crippen LogP contribution in [-0.2, 0) is 9.53 Å². The van der Waals surface area contributed by atoms with Crippen LogP contribution in [0.5, 0.6) is 0 Å². The van der Waals surface area contributed by atoms with Crippen molar-refractivity contribution in [1.82, 2.24) is 4.90 Å². The molecule has 2 aliphatic heterocycles. The number of amides is 1. The molecule has 4 nitrogen and oxygen atoms in total. The Bertz CT molecular complexity index is 462. The summed E-state index contributed by atoms with van der Waals surface area (Å²) in [5, 5.41) is 10.5. The Morgan fingerprint density at radius 1 is 1.19 bits per heavy atom. The molecule has 0 radical (unpaired) electrons.